The van der Waals surface area contributed by atoms with Crippen LogP contribution in [0.25, 0.3) is 0 Å². The van der Waals surface area contributed by atoms with Gasteiger partial charge in [-0.25, -0.2) is 0 Å². The summed E-state index contributed by atoms with van der Waals surface area (Å²) in [5.41, 5.74) is 0.898. The van der Waals surface area contributed by atoms with Crippen LogP contribution in [-0.4, -0.2) is 24.0 Å². The molecule has 4 nitrogen and oxygen atoms in total. The van der Waals surface area contributed by atoms with Crippen molar-refractivity contribution in [1.82, 2.24) is 15.6 Å². The van der Waals surface area contributed by atoms with Gasteiger partial charge in [-0.05, 0) is 24.6 Å². The van der Waals surface area contributed by atoms with Crippen LogP contribution in [0.15, 0.2) is 24.4 Å². The van der Waals surface area contributed by atoms with E-state index in [-0.39, 0.29) is 11.8 Å². The van der Waals surface area contributed by atoms with Crippen molar-refractivity contribution < 1.29 is 4.79 Å². The first kappa shape index (κ1) is 11.1. The zero-order chi connectivity index (χ0) is 11.4. The highest BCUT2D eigenvalue weighted by atomic mass is 16.1. The number of aromatic nitrogens is 1. The third-order valence-electron chi connectivity index (χ3n) is 3.02. The Labute approximate surface area is 95.5 Å². The van der Waals surface area contributed by atoms with Gasteiger partial charge in [0.05, 0.1) is 18.2 Å². The molecule has 1 aromatic rings. The zero-order valence-electron chi connectivity index (χ0n) is 9.44. The predicted molar refractivity (Wildman–Crippen MR) is 61.6 cm³/mol. The molecule has 2 heterocycles. The molecule has 0 bridgehead atoms. The smallest absolute Gasteiger partial charge is 0.225 e. The van der Waals surface area contributed by atoms with Crippen LogP contribution in [0.1, 0.15) is 12.6 Å². The number of carbonyl (C=O) groups excluding carboxylic acids is 1. The third kappa shape index (κ3) is 2.58. The Hall–Kier alpha value is -1.42. The molecule has 16 heavy (non-hydrogen) atoms. The lowest BCUT2D eigenvalue weighted by Gasteiger charge is -2.13. The van der Waals surface area contributed by atoms with E-state index >= 15 is 0 Å². The number of pyridine rings is 1. The van der Waals surface area contributed by atoms with E-state index in [1.165, 1.54) is 0 Å². The van der Waals surface area contributed by atoms with Crippen molar-refractivity contribution in [2.75, 3.05) is 13.1 Å². The molecular formula is C12H17N3O. The second-order valence-corrected chi connectivity index (χ2v) is 4.28. The van der Waals surface area contributed by atoms with Crippen molar-refractivity contribution in [1.29, 1.82) is 0 Å². The number of hydrogen-bond acceptors (Lipinski definition) is 3. The number of rotatable bonds is 3. The van der Waals surface area contributed by atoms with Crippen molar-refractivity contribution in [2.24, 2.45) is 11.8 Å². The van der Waals surface area contributed by atoms with E-state index in [1.54, 1.807) is 6.20 Å². The number of amides is 1. The number of carbonyl (C=O) groups is 1. The minimum atomic E-state index is 0.101. The van der Waals surface area contributed by atoms with Gasteiger partial charge in [0.1, 0.15) is 0 Å². The van der Waals surface area contributed by atoms with Gasteiger partial charge in [-0.3, -0.25) is 9.78 Å². The Bertz CT molecular complexity index is 353. The summed E-state index contributed by atoms with van der Waals surface area (Å²) in [5.74, 6) is 0.649. The Balaban J connectivity index is 1.84. The Morgan fingerprint density at radius 3 is 3.06 bits per heavy atom. The quantitative estimate of drug-likeness (QED) is 0.780. The lowest BCUT2D eigenvalue weighted by atomic mass is 9.97. The minimum absolute atomic E-state index is 0.101. The normalized spacial score (nSPS) is 24.3. The zero-order valence-corrected chi connectivity index (χ0v) is 9.44. The summed E-state index contributed by atoms with van der Waals surface area (Å²) in [6.07, 6.45) is 1.74. The molecule has 2 atom stereocenters. The molecule has 2 unspecified atom stereocenters. The Kier molecular flexibility index (Phi) is 3.51. The Morgan fingerprint density at radius 1 is 1.56 bits per heavy atom. The summed E-state index contributed by atoms with van der Waals surface area (Å²) in [4.78, 5) is 16.0. The lowest BCUT2D eigenvalue weighted by molar-refractivity contribution is -0.125. The van der Waals surface area contributed by atoms with Crippen molar-refractivity contribution in [2.45, 2.75) is 13.5 Å². The van der Waals surface area contributed by atoms with E-state index in [0.717, 1.165) is 18.8 Å². The van der Waals surface area contributed by atoms with Gasteiger partial charge in [-0.1, -0.05) is 13.0 Å². The molecule has 1 saturated heterocycles. The summed E-state index contributed by atoms with van der Waals surface area (Å²) < 4.78 is 0. The number of nitrogens with zero attached hydrogens (tertiary/aromatic N) is 1. The molecule has 4 heteroatoms. The van der Waals surface area contributed by atoms with Crippen LogP contribution in [0.4, 0.5) is 0 Å². The van der Waals surface area contributed by atoms with Gasteiger partial charge in [0, 0.05) is 12.7 Å². The van der Waals surface area contributed by atoms with Crippen LogP contribution in [0.5, 0.6) is 0 Å². The van der Waals surface area contributed by atoms with Gasteiger partial charge in [-0.2, -0.15) is 0 Å². The molecule has 1 aromatic heterocycles. The van der Waals surface area contributed by atoms with Crippen LogP contribution in [0.3, 0.4) is 0 Å². The monoisotopic (exact) mass is 219 g/mol. The van der Waals surface area contributed by atoms with Crippen LogP contribution in [-0.2, 0) is 11.3 Å². The van der Waals surface area contributed by atoms with E-state index in [0.29, 0.717) is 12.5 Å². The standard InChI is InChI=1S/C12H17N3O/c1-9-6-13-8-11(9)12(16)15-7-10-4-2-3-5-14-10/h2-5,9,11,13H,6-8H2,1H3,(H,15,16). The molecule has 0 spiro atoms. The Morgan fingerprint density at radius 2 is 2.44 bits per heavy atom. The first-order valence-electron chi connectivity index (χ1n) is 5.65. The van der Waals surface area contributed by atoms with Crippen LogP contribution >= 0.6 is 0 Å². The largest absolute Gasteiger partial charge is 0.350 e. The van der Waals surface area contributed by atoms with Gasteiger partial charge in [0.2, 0.25) is 5.91 Å². The van der Waals surface area contributed by atoms with Gasteiger partial charge >= 0.3 is 0 Å². The van der Waals surface area contributed by atoms with Crippen molar-refractivity contribution >= 4 is 5.91 Å². The van der Waals surface area contributed by atoms with Crippen LogP contribution in [0, 0.1) is 11.8 Å². The SMILES string of the molecule is CC1CNCC1C(=O)NCc1ccccn1. The van der Waals surface area contributed by atoms with E-state index in [4.69, 9.17) is 0 Å². The van der Waals surface area contributed by atoms with Crippen LogP contribution < -0.4 is 10.6 Å². The summed E-state index contributed by atoms with van der Waals surface area (Å²) in [6, 6.07) is 5.71. The molecule has 1 amide bonds. The summed E-state index contributed by atoms with van der Waals surface area (Å²) in [5, 5.41) is 6.15. The predicted octanol–water partition coefficient (Wildman–Crippen LogP) is 0.553. The number of nitrogens with one attached hydrogen (secondary N) is 2. The second kappa shape index (κ2) is 5.07. The van der Waals surface area contributed by atoms with Crippen LogP contribution in [0.2, 0.25) is 0 Å². The molecular weight excluding hydrogens is 202 g/mol. The molecule has 0 aliphatic carbocycles. The minimum Gasteiger partial charge on any atom is -0.350 e. The fourth-order valence-electron chi connectivity index (χ4n) is 1.97. The van der Waals surface area contributed by atoms with Gasteiger partial charge < -0.3 is 10.6 Å². The first-order chi connectivity index (χ1) is 7.77. The van der Waals surface area contributed by atoms with Crippen molar-refractivity contribution in [3.05, 3.63) is 30.1 Å². The highest BCUT2D eigenvalue weighted by molar-refractivity contribution is 5.79. The van der Waals surface area contributed by atoms with Gasteiger partial charge in [0.25, 0.3) is 0 Å². The number of hydrogen-bond donors (Lipinski definition) is 2. The first-order valence-corrected chi connectivity index (χ1v) is 5.65. The average molecular weight is 219 g/mol. The van der Waals surface area contributed by atoms with E-state index in [1.807, 2.05) is 18.2 Å². The molecule has 0 radical (unpaired) electrons. The van der Waals surface area contributed by atoms with Crippen molar-refractivity contribution in [3.8, 4) is 0 Å². The van der Waals surface area contributed by atoms with E-state index in [2.05, 4.69) is 22.5 Å². The topological polar surface area (TPSA) is 54.0 Å². The van der Waals surface area contributed by atoms with Gasteiger partial charge in [-0.15, -0.1) is 0 Å². The molecule has 0 aromatic carbocycles. The fourth-order valence-corrected chi connectivity index (χ4v) is 1.97. The second-order valence-electron chi connectivity index (χ2n) is 4.28. The average Bonchev–Trinajstić information content (AvgIpc) is 2.74. The maximum atomic E-state index is 11.9. The van der Waals surface area contributed by atoms with Crippen molar-refractivity contribution in [3.63, 3.8) is 0 Å². The maximum Gasteiger partial charge on any atom is 0.225 e. The maximum absolute atomic E-state index is 11.9. The fraction of sp³-hybridized carbons (Fsp3) is 0.500. The highest BCUT2D eigenvalue weighted by Gasteiger charge is 2.29. The molecule has 2 rings (SSSR count). The molecule has 1 aliphatic heterocycles. The summed E-state index contributed by atoms with van der Waals surface area (Å²) in [6.45, 7) is 4.34. The molecule has 0 saturated carbocycles. The van der Waals surface area contributed by atoms with E-state index in [9.17, 15) is 4.79 Å². The molecule has 1 fully saturated rings. The highest BCUT2D eigenvalue weighted by Crippen LogP contribution is 2.15. The lowest BCUT2D eigenvalue weighted by Crippen LogP contribution is -2.34. The summed E-state index contributed by atoms with van der Waals surface area (Å²) in [7, 11) is 0. The third-order valence-corrected chi connectivity index (χ3v) is 3.02. The molecule has 86 valence electrons. The van der Waals surface area contributed by atoms with E-state index < -0.39 is 0 Å². The van der Waals surface area contributed by atoms with Gasteiger partial charge in [0.15, 0.2) is 0 Å². The summed E-state index contributed by atoms with van der Waals surface area (Å²) >= 11 is 0. The molecule has 1 aliphatic rings. The molecule has 2 N–H and O–H groups in total.